The minimum atomic E-state index is -1.80. The number of hydrogen-bond acceptors (Lipinski definition) is 6. The summed E-state index contributed by atoms with van der Waals surface area (Å²) < 4.78 is 22.8. The molecule has 0 aliphatic heterocycles. The molecule has 8 nitrogen and oxygen atoms in total. The van der Waals surface area contributed by atoms with Crippen LogP contribution in [0, 0.1) is 13.8 Å². The number of aryl methyl sites for hydroxylation is 3. The quantitative estimate of drug-likeness (QED) is 0.335. The molecule has 0 aliphatic carbocycles. The minimum Gasteiger partial charge on any atom is -0.455 e. The average molecular weight is 513 g/mol. The van der Waals surface area contributed by atoms with Gasteiger partial charge in [-0.3, -0.25) is 14.6 Å². The summed E-state index contributed by atoms with van der Waals surface area (Å²) in [4.78, 5) is 33.5. The molecule has 1 atom stereocenters. The number of carbonyl (C=O) groups excluding carboxylic acids is 1. The smallest absolute Gasteiger partial charge is 0.274 e. The van der Waals surface area contributed by atoms with E-state index in [4.69, 9.17) is 4.74 Å². The van der Waals surface area contributed by atoms with Crippen molar-refractivity contribution >= 4 is 28.1 Å². The number of halogens is 1. The van der Waals surface area contributed by atoms with Gasteiger partial charge in [0.2, 0.25) is 0 Å². The summed E-state index contributed by atoms with van der Waals surface area (Å²) in [6.45, 7) is 9.01. The van der Waals surface area contributed by atoms with E-state index in [1.807, 2.05) is 0 Å². The molecule has 0 saturated carbocycles. The van der Waals surface area contributed by atoms with Crippen LogP contribution in [-0.2, 0) is 12.6 Å². The van der Waals surface area contributed by atoms with Gasteiger partial charge >= 0.3 is 0 Å². The fourth-order valence-electron chi connectivity index (χ4n) is 4.06. The van der Waals surface area contributed by atoms with Gasteiger partial charge in [0, 0.05) is 53.1 Å². The van der Waals surface area contributed by atoms with E-state index >= 15 is 4.39 Å². The Balaban J connectivity index is 1.91. The molecule has 0 fully saturated rings. The molecule has 4 aromatic rings. The summed E-state index contributed by atoms with van der Waals surface area (Å²) >= 11 is 1.24. The molecule has 0 aliphatic rings. The Morgan fingerprint density at radius 2 is 2.08 bits per heavy atom. The number of alkyl halides is 1. The highest BCUT2D eigenvalue weighted by Gasteiger charge is 2.28. The van der Waals surface area contributed by atoms with Crippen molar-refractivity contribution in [2.45, 2.75) is 46.6 Å². The largest absolute Gasteiger partial charge is 0.455 e. The Hall–Kier alpha value is -3.50. The molecule has 36 heavy (non-hydrogen) atoms. The summed E-state index contributed by atoms with van der Waals surface area (Å²) in [5.74, 6) is -0.124. The summed E-state index contributed by atoms with van der Waals surface area (Å²) in [6, 6.07) is 4.93. The third-order valence-corrected chi connectivity index (χ3v) is 7.42. The number of aromatic amines is 1. The van der Waals surface area contributed by atoms with E-state index in [9.17, 15) is 14.7 Å². The van der Waals surface area contributed by atoms with Crippen LogP contribution in [0.4, 0.5) is 4.39 Å². The fraction of sp³-hybridized carbons (Fsp3) is 0.346. The van der Waals surface area contributed by atoms with Crippen LogP contribution in [0.1, 0.15) is 59.3 Å². The van der Waals surface area contributed by atoms with Gasteiger partial charge in [-0.05, 0) is 58.4 Å². The maximum Gasteiger partial charge on any atom is 0.274 e. The van der Waals surface area contributed by atoms with Crippen molar-refractivity contribution in [2.75, 3.05) is 6.54 Å². The summed E-state index contributed by atoms with van der Waals surface area (Å²) in [5.41, 5.74) is 1.10. The zero-order valence-corrected chi connectivity index (χ0v) is 21.8. The number of thiophene rings is 1. The third kappa shape index (κ3) is 4.66. The van der Waals surface area contributed by atoms with Crippen LogP contribution < -0.4 is 15.6 Å². The maximum atomic E-state index is 15.6. The molecule has 4 heterocycles. The molecule has 4 aromatic heterocycles. The maximum absolute atomic E-state index is 15.6. The molecular formula is C26H29FN4O4S. The lowest BCUT2D eigenvalue weighted by Gasteiger charge is -2.16. The average Bonchev–Trinajstić information content (AvgIpc) is 3.42. The highest BCUT2D eigenvalue weighted by atomic mass is 32.1. The van der Waals surface area contributed by atoms with Crippen LogP contribution in [0.3, 0.4) is 0 Å². The number of H-pyrrole nitrogens is 1. The number of aliphatic hydroxyl groups is 1. The lowest BCUT2D eigenvalue weighted by molar-refractivity contribution is 0.0644. The monoisotopic (exact) mass is 512 g/mol. The van der Waals surface area contributed by atoms with Crippen molar-refractivity contribution in [1.29, 1.82) is 0 Å². The molecule has 4 rings (SSSR count). The Kier molecular flexibility index (Phi) is 6.76. The number of hydrogen-bond donors (Lipinski definition) is 3. The SMILES string of the molecule is CCNC(=O)c1cc2c(-c3sc(C(C)(C)O)cc3OC(F)c3c(C)ccnc3C)cn(C)c(=O)c2[nH]1. The van der Waals surface area contributed by atoms with E-state index in [0.29, 0.717) is 44.1 Å². The first-order valence-corrected chi connectivity index (χ1v) is 12.3. The molecule has 3 N–H and O–H groups in total. The number of rotatable bonds is 7. The lowest BCUT2D eigenvalue weighted by atomic mass is 10.1. The van der Waals surface area contributed by atoms with Crippen molar-refractivity contribution in [3.8, 4) is 16.2 Å². The minimum absolute atomic E-state index is 0.216. The number of amides is 1. The molecular weight excluding hydrogens is 483 g/mol. The van der Waals surface area contributed by atoms with Crippen molar-refractivity contribution in [3.63, 3.8) is 0 Å². The van der Waals surface area contributed by atoms with Gasteiger partial charge < -0.3 is 24.7 Å². The summed E-state index contributed by atoms with van der Waals surface area (Å²) in [7, 11) is 1.60. The predicted octanol–water partition coefficient (Wildman–Crippen LogP) is 4.63. The highest BCUT2D eigenvalue weighted by Crippen LogP contribution is 2.46. The van der Waals surface area contributed by atoms with Crippen molar-refractivity contribution in [3.05, 3.63) is 68.3 Å². The first-order chi connectivity index (χ1) is 16.9. The van der Waals surface area contributed by atoms with Crippen LogP contribution in [-0.4, -0.2) is 32.1 Å². The van der Waals surface area contributed by atoms with Crippen LogP contribution in [0.5, 0.6) is 5.75 Å². The number of aromatic nitrogens is 3. The van der Waals surface area contributed by atoms with E-state index in [2.05, 4.69) is 15.3 Å². The standard InChI is InChI=1S/C26H29FN4O4S/c1-7-28-24(32)17-10-15-16(12-31(6)25(33)21(15)30-17)22-18(11-19(36-22)26(4,5)34)35-23(27)20-13(2)8-9-29-14(20)3/h8-12,23,30,34H,7H2,1-6H3,(H,28,32). The zero-order chi connectivity index (χ0) is 26.4. The molecule has 1 unspecified atom stereocenters. The van der Waals surface area contributed by atoms with Gasteiger partial charge in [0.25, 0.3) is 17.8 Å². The second-order valence-electron chi connectivity index (χ2n) is 9.21. The highest BCUT2D eigenvalue weighted by molar-refractivity contribution is 7.16. The van der Waals surface area contributed by atoms with Crippen LogP contribution in [0.2, 0.25) is 0 Å². The molecule has 0 spiro atoms. The second-order valence-corrected chi connectivity index (χ2v) is 10.3. The first-order valence-electron chi connectivity index (χ1n) is 11.5. The van der Waals surface area contributed by atoms with Crippen LogP contribution >= 0.6 is 11.3 Å². The van der Waals surface area contributed by atoms with Crippen LogP contribution in [0.25, 0.3) is 21.3 Å². The number of pyridine rings is 2. The Morgan fingerprint density at radius 1 is 1.36 bits per heavy atom. The Labute approximate surface area is 211 Å². The number of carbonyl (C=O) groups is 1. The fourth-order valence-corrected chi connectivity index (χ4v) is 5.18. The zero-order valence-electron chi connectivity index (χ0n) is 21.0. The molecule has 190 valence electrons. The first kappa shape index (κ1) is 25.6. The van der Waals surface area contributed by atoms with E-state index in [1.165, 1.54) is 15.9 Å². The molecule has 0 saturated heterocycles. The van der Waals surface area contributed by atoms with Gasteiger partial charge in [-0.15, -0.1) is 11.3 Å². The third-order valence-electron chi connectivity index (χ3n) is 5.96. The Morgan fingerprint density at radius 3 is 2.72 bits per heavy atom. The summed E-state index contributed by atoms with van der Waals surface area (Å²) in [5, 5.41) is 13.9. The Bertz CT molecular complexity index is 1490. The van der Waals surface area contributed by atoms with E-state index in [0.717, 1.165) is 0 Å². The van der Waals surface area contributed by atoms with E-state index in [1.54, 1.807) is 72.3 Å². The second kappa shape index (κ2) is 9.51. The van der Waals surface area contributed by atoms with Crippen molar-refractivity contribution < 1.29 is 19.0 Å². The van der Waals surface area contributed by atoms with Gasteiger partial charge in [-0.25, -0.2) is 0 Å². The van der Waals surface area contributed by atoms with Gasteiger partial charge in [0.1, 0.15) is 17.0 Å². The normalized spacial score (nSPS) is 12.7. The molecule has 0 bridgehead atoms. The summed E-state index contributed by atoms with van der Waals surface area (Å²) in [6.07, 6.45) is 1.44. The predicted molar refractivity (Wildman–Crippen MR) is 138 cm³/mol. The van der Waals surface area contributed by atoms with Crippen LogP contribution in [0.15, 0.2) is 35.4 Å². The van der Waals surface area contributed by atoms with Gasteiger partial charge in [-0.1, -0.05) is 0 Å². The molecule has 1 amide bonds. The number of nitrogens with zero attached hydrogens (tertiary/aromatic N) is 2. The number of ether oxygens (including phenoxy) is 1. The topological polar surface area (TPSA) is 109 Å². The van der Waals surface area contributed by atoms with Crippen molar-refractivity contribution in [2.24, 2.45) is 7.05 Å². The van der Waals surface area contributed by atoms with Gasteiger partial charge in [-0.2, -0.15) is 4.39 Å². The van der Waals surface area contributed by atoms with E-state index < -0.39 is 12.0 Å². The molecule has 0 aromatic carbocycles. The molecule has 0 radical (unpaired) electrons. The lowest BCUT2D eigenvalue weighted by Crippen LogP contribution is -2.23. The number of nitrogens with one attached hydrogen (secondary N) is 2. The number of fused-ring (bicyclic) bond motifs is 1. The van der Waals surface area contributed by atoms with Crippen molar-refractivity contribution in [1.82, 2.24) is 19.9 Å². The van der Waals surface area contributed by atoms with E-state index in [-0.39, 0.29) is 28.4 Å². The van der Waals surface area contributed by atoms with Gasteiger partial charge in [0.05, 0.1) is 10.5 Å². The van der Waals surface area contributed by atoms with Gasteiger partial charge in [0.15, 0.2) is 0 Å². The molecule has 10 heteroatoms.